The first-order chi connectivity index (χ1) is 8.40. The van der Waals surface area contributed by atoms with Gasteiger partial charge in [0.25, 0.3) is 5.91 Å². The smallest absolute Gasteiger partial charge is 0.253 e. The number of hydrogen-bond donors (Lipinski definition) is 3. The molecule has 0 aliphatic rings. The molecule has 0 aliphatic heterocycles. The zero-order valence-electron chi connectivity index (χ0n) is 10.6. The highest BCUT2D eigenvalue weighted by atomic mass is 16.3. The number of hydrogen-bond acceptors (Lipinski definition) is 4. The monoisotopic (exact) mass is 251 g/mol. The summed E-state index contributed by atoms with van der Waals surface area (Å²) in [6.45, 7) is 5.27. The van der Waals surface area contributed by atoms with Crippen LogP contribution in [0.5, 0.6) is 5.75 Å². The fraction of sp³-hybridized carbons (Fsp3) is 0.417. The minimum Gasteiger partial charge on any atom is -0.506 e. The Balaban J connectivity index is 2.62. The summed E-state index contributed by atoms with van der Waals surface area (Å²) < 4.78 is 0. The van der Waals surface area contributed by atoms with Crippen molar-refractivity contribution in [3.63, 3.8) is 0 Å². The Morgan fingerprint density at radius 1 is 1.22 bits per heavy atom. The largest absolute Gasteiger partial charge is 0.506 e. The van der Waals surface area contributed by atoms with Crippen molar-refractivity contribution >= 4 is 11.8 Å². The van der Waals surface area contributed by atoms with E-state index in [9.17, 15) is 14.7 Å². The molecule has 1 unspecified atom stereocenters. The van der Waals surface area contributed by atoms with Crippen LogP contribution >= 0.6 is 0 Å². The number of aromatic nitrogens is 1. The second kappa shape index (κ2) is 6.00. The van der Waals surface area contributed by atoms with Crippen molar-refractivity contribution in [1.29, 1.82) is 0 Å². The van der Waals surface area contributed by atoms with E-state index >= 15 is 0 Å². The molecule has 6 heteroatoms. The molecule has 1 atom stereocenters. The maximum Gasteiger partial charge on any atom is 0.253 e. The summed E-state index contributed by atoms with van der Waals surface area (Å²) in [6, 6.07) is 0.650. The molecular formula is C12H17N3O3. The first-order valence-corrected chi connectivity index (χ1v) is 5.65. The molecule has 0 saturated carbocycles. The quantitative estimate of drug-likeness (QED) is 0.723. The zero-order chi connectivity index (χ0) is 13.7. The third-order valence-electron chi connectivity index (χ3n) is 2.16. The van der Waals surface area contributed by atoms with Gasteiger partial charge in [-0.25, -0.2) is 0 Å². The van der Waals surface area contributed by atoms with Gasteiger partial charge < -0.3 is 15.7 Å². The molecular weight excluding hydrogens is 234 g/mol. The van der Waals surface area contributed by atoms with Gasteiger partial charge in [0.2, 0.25) is 5.91 Å². The Morgan fingerprint density at radius 2 is 1.89 bits per heavy atom. The van der Waals surface area contributed by atoms with Gasteiger partial charge in [-0.1, -0.05) is 0 Å². The maximum absolute atomic E-state index is 11.8. The average molecular weight is 251 g/mol. The highest BCUT2D eigenvalue weighted by molar-refractivity contribution is 5.97. The van der Waals surface area contributed by atoms with Crippen molar-refractivity contribution in [3.8, 4) is 5.75 Å². The van der Waals surface area contributed by atoms with Crippen molar-refractivity contribution in [3.05, 3.63) is 24.0 Å². The second-order valence-corrected chi connectivity index (χ2v) is 4.29. The number of aromatic hydroxyl groups is 1. The molecule has 0 spiro atoms. The van der Waals surface area contributed by atoms with Crippen molar-refractivity contribution in [2.75, 3.05) is 0 Å². The average Bonchev–Trinajstić information content (AvgIpc) is 2.27. The lowest BCUT2D eigenvalue weighted by atomic mass is 10.2. The second-order valence-electron chi connectivity index (χ2n) is 4.29. The van der Waals surface area contributed by atoms with Gasteiger partial charge in [0, 0.05) is 12.2 Å². The Hall–Kier alpha value is -2.11. The van der Waals surface area contributed by atoms with Gasteiger partial charge in [-0.15, -0.1) is 0 Å². The van der Waals surface area contributed by atoms with Crippen LogP contribution in [0.1, 0.15) is 31.1 Å². The van der Waals surface area contributed by atoms with Crippen LogP contribution in [0.15, 0.2) is 18.5 Å². The summed E-state index contributed by atoms with van der Waals surface area (Å²) in [5, 5.41) is 14.4. The first-order valence-electron chi connectivity index (χ1n) is 5.65. The standard InChI is InChI=1S/C12H17N3O3/c1-7(2)14-11(17)8(3)15-12(18)9-4-10(16)6-13-5-9/h4-8,16H,1-3H3,(H,14,17)(H,15,18). The van der Waals surface area contributed by atoms with E-state index in [1.54, 1.807) is 6.92 Å². The van der Waals surface area contributed by atoms with E-state index < -0.39 is 11.9 Å². The molecule has 0 fully saturated rings. The van der Waals surface area contributed by atoms with Crippen molar-refractivity contribution in [1.82, 2.24) is 15.6 Å². The van der Waals surface area contributed by atoms with Crippen LogP contribution in [-0.4, -0.2) is 34.0 Å². The van der Waals surface area contributed by atoms with Gasteiger partial charge in [-0.05, 0) is 26.8 Å². The van der Waals surface area contributed by atoms with E-state index in [4.69, 9.17) is 0 Å². The topological polar surface area (TPSA) is 91.3 Å². The van der Waals surface area contributed by atoms with E-state index in [2.05, 4.69) is 15.6 Å². The maximum atomic E-state index is 11.8. The lowest BCUT2D eigenvalue weighted by molar-refractivity contribution is -0.123. The molecule has 0 radical (unpaired) electrons. The lowest BCUT2D eigenvalue weighted by Gasteiger charge is -2.15. The number of pyridine rings is 1. The van der Waals surface area contributed by atoms with Crippen LogP contribution < -0.4 is 10.6 Å². The van der Waals surface area contributed by atoms with Crippen molar-refractivity contribution in [2.24, 2.45) is 0 Å². The SMILES string of the molecule is CC(C)NC(=O)C(C)NC(=O)c1cncc(O)c1. The molecule has 0 aliphatic carbocycles. The van der Waals surface area contributed by atoms with Crippen LogP contribution in [0.2, 0.25) is 0 Å². The minimum absolute atomic E-state index is 0.0132. The number of nitrogens with zero attached hydrogens (tertiary/aromatic N) is 1. The third kappa shape index (κ3) is 4.04. The predicted octanol–water partition coefficient (Wildman–Crippen LogP) is 0.430. The summed E-state index contributed by atoms with van der Waals surface area (Å²) >= 11 is 0. The number of rotatable bonds is 4. The highest BCUT2D eigenvalue weighted by Gasteiger charge is 2.17. The van der Waals surface area contributed by atoms with Gasteiger partial charge in [-0.2, -0.15) is 0 Å². The molecule has 1 rings (SSSR count). The third-order valence-corrected chi connectivity index (χ3v) is 2.16. The summed E-state index contributed by atoms with van der Waals surface area (Å²) in [6.07, 6.45) is 2.55. The van der Waals surface area contributed by atoms with Crippen LogP contribution in [0.25, 0.3) is 0 Å². The normalized spacial score (nSPS) is 12.0. The summed E-state index contributed by atoms with van der Waals surface area (Å²) in [5.41, 5.74) is 0.208. The van der Waals surface area contributed by atoms with Gasteiger partial charge in [0.05, 0.1) is 11.8 Å². The van der Waals surface area contributed by atoms with Gasteiger partial charge in [0.1, 0.15) is 11.8 Å². The van der Waals surface area contributed by atoms with Crippen LogP contribution in [0, 0.1) is 0 Å². The lowest BCUT2D eigenvalue weighted by Crippen LogP contribution is -2.46. The summed E-state index contributed by atoms with van der Waals surface area (Å²) in [7, 11) is 0. The highest BCUT2D eigenvalue weighted by Crippen LogP contribution is 2.08. The summed E-state index contributed by atoms with van der Waals surface area (Å²) in [4.78, 5) is 27.0. The fourth-order valence-corrected chi connectivity index (χ4v) is 1.31. The van der Waals surface area contributed by atoms with Gasteiger partial charge in [-0.3, -0.25) is 14.6 Å². The zero-order valence-corrected chi connectivity index (χ0v) is 10.6. The van der Waals surface area contributed by atoms with E-state index in [1.807, 2.05) is 13.8 Å². The molecule has 3 N–H and O–H groups in total. The molecule has 1 heterocycles. The molecule has 18 heavy (non-hydrogen) atoms. The molecule has 2 amide bonds. The Kier molecular flexibility index (Phi) is 4.65. The number of nitrogens with one attached hydrogen (secondary N) is 2. The fourth-order valence-electron chi connectivity index (χ4n) is 1.31. The van der Waals surface area contributed by atoms with E-state index in [0.717, 1.165) is 0 Å². The van der Waals surface area contributed by atoms with E-state index in [0.29, 0.717) is 0 Å². The molecule has 6 nitrogen and oxygen atoms in total. The van der Waals surface area contributed by atoms with E-state index in [-0.39, 0.29) is 23.3 Å². The Bertz CT molecular complexity index is 446. The van der Waals surface area contributed by atoms with Crippen LogP contribution in [0.4, 0.5) is 0 Å². The Morgan fingerprint density at radius 3 is 2.44 bits per heavy atom. The van der Waals surface area contributed by atoms with Crippen LogP contribution in [-0.2, 0) is 4.79 Å². The number of amides is 2. The minimum atomic E-state index is -0.651. The summed E-state index contributed by atoms with van der Waals surface area (Å²) in [5.74, 6) is -0.807. The molecule has 1 aromatic rings. The van der Waals surface area contributed by atoms with Crippen LogP contribution in [0.3, 0.4) is 0 Å². The number of carbonyl (C=O) groups excluding carboxylic acids is 2. The first kappa shape index (κ1) is 14.0. The molecule has 0 bridgehead atoms. The van der Waals surface area contributed by atoms with Gasteiger partial charge >= 0.3 is 0 Å². The molecule has 1 aromatic heterocycles. The van der Waals surface area contributed by atoms with Gasteiger partial charge in [0.15, 0.2) is 0 Å². The number of carbonyl (C=O) groups is 2. The molecule has 0 aromatic carbocycles. The van der Waals surface area contributed by atoms with Crippen molar-refractivity contribution in [2.45, 2.75) is 32.9 Å². The predicted molar refractivity (Wildman–Crippen MR) is 66.1 cm³/mol. The van der Waals surface area contributed by atoms with E-state index in [1.165, 1.54) is 18.5 Å². The Labute approximate surface area is 105 Å². The van der Waals surface area contributed by atoms with Crippen molar-refractivity contribution < 1.29 is 14.7 Å². The molecule has 98 valence electrons. The molecule has 0 saturated heterocycles.